The predicted molar refractivity (Wildman–Crippen MR) is 105 cm³/mol. The van der Waals surface area contributed by atoms with E-state index in [-0.39, 0.29) is 5.97 Å². The Morgan fingerprint density at radius 2 is 1.89 bits per heavy atom. The fourth-order valence-electron chi connectivity index (χ4n) is 2.65. The normalized spacial score (nSPS) is 10.6. The lowest BCUT2D eigenvalue weighted by Crippen LogP contribution is -1.96. The molecule has 0 N–H and O–H groups in total. The summed E-state index contributed by atoms with van der Waals surface area (Å²) in [6, 6.07) is 15.2. The van der Waals surface area contributed by atoms with Gasteiger partial charge in [-0.05, 0) is 62.2 Å². The SMILES string of the molecule is CCCC(=O)OSc1ccc(Oc2cccc(-c3c(C)noc3C)c2)cc1. The third-order valence-corrected chi connectivity index (χ3v) is 4.63. The number of hydrogen-bond donors (Lipinski definition) is 0. The highest BCUT2D eigenvalue weighted by Gasteiger charge is 2.12. The predicted octanol–water partition coefficient (Wildman–Crippen LogP) is 6.10. The molecule has 0 atom stereocenters. The molecule has 3 aromatic rings. The molecule has 0 amide bonds. The molecule has 0 aliphatic heterocycles. The topological polar surface area (TPSA) is 61.6 Å². The summed E-state index contributed by atoms with van der Waals surface area (Å²) in [5.74, 6) is 2.00. The first-order valence-corrected chi connectivity index (χ1v) is 9.49. The molecule has 0 saturated carbocycles. The van der Waals surface area contributed by atoms with Gasteiger partial charge in [-0.1, -0.05) is 24.2 Å². The van der Waals surface area contributed by atoms with Gasteiger partial charge in [0.25, 0.3) is 0 Å². The van der Waals surface area contributed by atoms with E-state index >= 15 is 0 Å². The van der Waals surface area contributed by atoms with E-state index in [1.54, 1.807) is 0 Å². The van der Waals surface area contributed by atoms with Crippen molar-refractivity contribution in [2.24, 2.45) is 0 Å². The van der Waals surface area contributed by atoms with Crippen molar-refractivity contribution in [3.05, 3.63) is 60.0 Å². The molecule has 2 aromatic carbocycles. The molecule has 1 heterocycles. The fraction of sp³-hybridized carbons (Fsp3) is 0.238. The van der Waals surface area contributed by atoms with E-state index in [0.717, 1.165) is 51.7 Å². The summed E-state index contributed by atoms with van der Waals surface area (Å²) in [4.78, 5) is 12.3. The second-order valence-corrected chi connectivity index (χ2v) is 6.89. The van der Waals surface area contributed by atoms with Crippen molar-refractivity contribution in [1.82, 2.24) is 5.16 Å². The summed E-state index contributed by atoms with van der Waals surface area (Å²) in [5, 5.41) is 4.00. The summed E-state index contributed by atoms with van der Waals surface area (Å²) in [5.41, 5.74) is 2.84. The van der Waals surface area contributed by atoms with Gasteiger partial charge in [0.15, 0.2) is 0 Å². The summed E-state index contributed by atoms with van der Waals surface area (Å²) >= 11 is 1.06. The van der Waals surface area contributed by atoms with Gasteiger partial charge in [0, 0.05) is 16.9 Å². The van der Waals surface area contributed by atoms with Crippen LogP contribution in [0.3, 0.4) is 0 Å². The Hall–Kier alpha value is -2.73. The number of hydrogen-bond acceptors (Lipinski definition) is 6. The smallest absolute Gasteiger partial charge is 0.318 e. The molecule has 0 aliphatic rings. The van der Waals surface area contributed by atoms with Gasteiger partial charge >= 0.3 is 5.97 Å². The number of nitrogens with zero attached hydrogens (tertiary/aromatic N) is 1. The molecular formula is C21H21NO4S. The minimum atomic E-state index is -0.209. The van der Waals surface area contributed by atoms with Crippen molar-refractivity contribution < 1.29 is 18.2 Å². The van der Waals surface area contributed by atoms with E-state index < -0.39 is 0 Å². The largest absolute Gasteiger partial charge is 0.457 e. The van der Waals surface area contributed by atoms with Gasteiger partial charge in [-0.15, -0.1) is 0 Å². The highest BCUT2D eigenvalue weighted by atomic mass is 32.2. The second-order valence-electron chi connectivity index (χ2n) is 6.09. The van der Waals surface area contributed by atoms with Crippen LogP contribution >= 0.6 is 12.0 Å². The average Bonchev–Trinajstić information content (AvgIpc) is 3.00. The van der Waals surface area contributed by atoms with Crippen molar-refractivity contribution in [2.75, 3.05) is 0 Å². The number of rotatable bonds is 7. The number of ether oxygens (including phenoxy) is 1. The van der Waals surface area contributed by atoms with Crippen LogP contribution < -0.4 is 4.74 Å². The zero-order valence-corrected chi connectivity index (χ0v) is 16.3. The Balaban J connectivity index is 1.67. The first-order valence-electron chi connectivity index (χ1n) is 8.75. The molecule has 6 heteroatoms. The number of carbonyl (C=O) groups excluding carboxylic acids is 1. The Morgan fingerprint density at radius 3 is 2.56 bits per heavy atom. The minimum absolute atomic E-state index is 0.209. The van der Waals surface area contributed by atoms with Gasteiger partial charge < -0.3 is 13.4 Å². The molecule has 1 aromatic heterocycles. The first-order chi connectivity index (χ1) is 13.1. The third kappa shape index (κ3) is 4.92. The Morgan fingerprint density at radius 1 is 1.11 bits per heavy atom. The van der Waals surface area contributed by atoms with E-state index in [0.29, 0.717) is 12.2 Å². The molecule has 3 rings (SSSR count). The zero-order chi connectivity index (χ0) is 19.2. The van der Waals surface area contributed by atoms with Crippen LogP contribution in [0.25, 0.3) is 11.1 Å². The van der Waals surface area contributed by atoms with Gasteiger partial charge in [0.05, 0.1) is 17.7 Å². The van der Waals surface area contributed by atoms with Crippen LogP contribution in [0.15, 0.2) is 57.9 Å². The molecular weight excluding hydrogens is 362 g/mol. The lowest BCUT2D eigenvalue weighted by atomic mass is 10.0. The molecule has 0 unspecified atom stereocenters. The van der Waals surface area contributed by atoms with Crippen LogP contribution in [0, 0.1) is 13.8 Å². The summed E-state index contributed by atoms with van der Waals surface area (Å²) in [7, 11) is 0. The van der Waals surface area contributed by atoms with Gasteiger partial charge in [-0.3, -0.25) is 4.79 Å². The molecule has 0 bridgehead atoms. The van der Waals surface area contributed by atoms with E-state index in [1.165, 1.54) is 0 Å². The summed E-state index contributed by atoms with van der Waals surface area (Å²) < 4.78 is 16.3. The van der Waals surface area contributed by atoms with E-state index in [4.69, 9.17) is 13.4 Å². The van der Waals surface area contributed by atoms with Crippen LogP contribution in [-0.2, 0) is 8.98 Å². The fourth-order valence-corrected chi connectivity index (χ4v) is 3.17. The number of benzene rings is 2. The zero-order valence-electron chi connectivity index (χ0n) is 15.5. The molecule has 0 fully saturated rings. The quantitative estimate of drug-likeness (QED) is 0.459. The first kappa shape index (κ1) is 19.0. The second kappa shape index (κ2) is 8.77. The third-order valence-electron chi connectivity index (χ3n) is 3.90. The van der Waals surface area contributed by atoms with Crippen molar-refractivity contribution >= 4 is 18.0 Å². The highest BCUT2D eigenvalue weighted by Crippen LogP contribution is 2.32. The average molecular weight is 383 g/mol. The van der Waals surface area contributed by atoms with Crippen LogP contribution in [0.1, 0.15) is 31.2 Å². The summed E-state index contributed by atoms with van der Waals surface area (Å²) in [6.07, 6.45) is 1.20. The lowest BCUT2D eigenvalue weighted by Gasteiger charge is -2.08. The molecule has 5 nitrogen and oxygen atoms in total. The Labute approximate surface area is 162 Å². The number of aryl methyl sites for hydroxylation is 2. The maximum atomic E-state index is 11.4. The molecule has 0 spiro atoms. The van der Waals surface area contributed by atoms with Crippen LogP contribution in [0.4, 0.5) is 0 Å². The van der Waals surface area contributed by atoms with Gasteiger partial charge in [-0.25, -0.2) is 0 Å². The molecule has 140 valence electrons. The van der Waals surface area contributed by atoms with Crippen LogP contribution in [-0.4, -0.2) is 11.1 Å². The van der Waals surface area contributed by atoms with Gasteiger partial charge in [0.1, 0.15) is 17.3 Å². The van der Waals surface area contributed by atoms with Crippen molar-refractivity contribution in [3.63, 3.8) is 0 Å². The van der Waals surface area contributed by atoms with Crippen LogP contribution in [0.5, 0.6) is 11.5 Å². The molecule has 0 radical (unpaired) electrons. The van der Waals surface area contributed by atoms with E-state index in [9.17, 15) is 4.79 Å². The number of carbonyl (C=O) groups is 1. The van der Waals surface area contributed by atoms with Crippen molar-refractivity contribution in [1.29, 1.82) is 0 Å². The van der Waals surface area contributed by atoms with Crippen molar-refractivity contribution in [3.8, 4) is 22.6 Å². The van der Waals surface area contributed by atoms with Gasteiger partial charge in [0.2, 0.25) is 0 Å². The van der Waals surface area contributed by atoms with Crippen LogP contribution in [0.2, 0.25) is 0 Å². The maximum Gasteiger partial charge on any atom is 0.318 e. The molecule has 27 heavy (non-hydrogen) atoms. The maximum absolute atomic E-state index is 11.4. The Kier molecular flexibility index (Phi) is 6.19. The molecule has 0 aliphatic carbocycles. The molecule has 0 saturated heterocycles. The standard InChI is InChI=1S/C21H21NO4S/c1-4-6-20(23)26-27-19-11-9-17(10-12-19)24-18-8-5-7-16(13-18)21-14(2)22-25-15(21)3/h5,7-13H,4,6H2,1-3H3. The van der Waals surface area contributed by atoms with Crippen molar-refractivity contribution in [2.45, 2.75) is 38.5 Å². The Bertz CT molecular complexity index is 899. The van der Waals surface area contributed by atoms with E-state index in [1.807, 2.05) is 69.3 Å². The minimum Gasteiger partial charge on any atom is -0.457 e. The van der Waals surface area contributed by atoms with E-state index in [2.05, 4.69) is 5.16 Å². The highest BCUT2D eigenvalue weighted by molar-refractivity contribution is 7.95. The van der Waals surface area contributed by atoms with Gasteiger partial charge in [-0.2, -0.15) is 0 Å². The number of aromatic nitrogens is 1. The lowest BCUT2D eigenvalue weighted by molar-refractivity contribution is -0.133. The monoisotopic (exact) mass is 383 g/mol. The summed E-state index contributed by atoms with van der Waals surface area (Å²) in [6.45, 7) is 5.76.